The van der Waals surface area contributed by atoms with Crippen molar-refractivity contribution in [2.75, 3.05) is 13.7 Å². The number of thiazole rings is 1. The number of benzene rings is 1. The largest absolute Gasteiger partial charge is 0.466 e. The van der Waals surface area contributed by atoms with Crippen molar-refractivity contribution in [3.8, 4) is 6.07 Å². The number of esters is 2. The van der Waals surface area contributed by atoms with Gasteiger partial charge in [-0.25, -0.2) is 14.0 Å². The highest BCUT2D eigenvalue weighted by Gasteiger charge is 2.36. The van der Waals surface area contributed by atoms with Crippen molar-refractivity contribution in [3.05, 3.63) is 60.8 Å². The van der Waals surface area contributed by atoms with E-state index in [0.29, 0.717) is 5.56 Å². The molecule has 2 heterocycles. The number of carbonyl (C=O) groups is 2. The highest BCUT2D eigenvalue weighted by Crippen LogP contribution is 2.36. The van der Waals surface area contributed by atoms with Crippen LogP contribution in [0.1, 0.15) is 18.4 Å². The summed E-state index contributed by atoms with van der Waals surface area (Å²) in [5.74, 6) is -3.17. The number of methoxy groups -OCH3 is 1. The van der Waals surface area contributed by atoms with Gasteiger partial charge in [-0.2, -0.15) is 5.26 Å². The zero-order valence-electron chi connectivity index (χ0n) is 16.0. The summed E-state index contributed by atoms with van der Waals surface area (Å²) in [7, 11) is 1.16. The van der Waals surface area contributed by atoms with E-state index in [1.807, 2.05) is 6.07 Å². The SMILES string of the molecule is CCOC(=O)C1=c2sc(=CC(=O)OC)c(=O)n2C(N)=C(C#N)C1c1ccc(F)cc1. The van der Waals surface area contributed by atoms with E-state index in [1.165, 1.54) is 24.3 Å². The smallest absolute Gasteiger partial charge is 0.338 e. The number of halogens is 1. The van der Waals surface area contributed by atoms with Crippen molar-refractivity contribution in [2.24, 2.45) is 5.73 Å². The van der Waals surface area contributed by atoms with E-state index >= 15 is 0 Å². The van der Waals surface area contributed by atoms with Crippen LogP contribution in [0.4, 0.5) is 4.39 Å². The average molecular weight is 429 g/mol. The minimum atomic E-state index is -0.973. The molecule has 8 nitrogen and oxygen atoms in total. The Morgan fingerprint density at radius 3 is 2.60 bits per heavy atom. The quantitative estimate of drug-likeness (QED) is 0.687. The molecule has 0 aliphatic carbocycles. The molecule has 3 rings (SSSR count). The van der Waals surface area contributed by atoms with E-state index < -0.39 is 29.2 Å². The Morgan fingerprint density at radius 1 is 1.37 bits per heavy atom. The number of carbonyl (C=O) groups excluding carboxylic acids is 2. The fourth-order valence-corrected chi connectivity index (χ4v) is 4.23. The minimum Gasteiger partial charge on any atom is -0.466 e. The molecule has 0 fully saturated rings. The Hall–Kier alpha value is -3.71. The van der Waals surface area contributed by atoms with Gasteiger partial charge in [0, 0.05) is 6.08 Å². The van der Waals surface area contributed by atoms with E-state index in [-0.39, 0.29) is 32.8 Å². The van der Waals surface area contributed by atoms with Crippen molar-refractivity contribution < 1.29 is 23.5 Å². The fourth-order valence-electron chi connectivity index (χ4n) is 3.11. The molecule has 1 unspecified atom stereocenters. The summed E-state index contributed by atoms with van der Waals surface area (Å²) in [6.45, 7) is 1.66. The molecule has 1 aliphatic heterocycles. The molecule has 10 heteroatoms. The monoisotopic (exact) mass is 429 g/mol. The van der Waals surface area contributed by atoms with E-state index in [2.05, 4.69) is 4.74 Å². The molecule has 1 atom stereocenters. The topological polar surface area (TPSA) is 124 Å². The molecule has 0 saturated carbocycles. The summed E-state index contributed by atoms with van der Waals surface area (Å²) >= 11 is 0.844. The highest BCUT2D eigenvalue weighted by atomic mass is 32.1. The third kappa shape index (κ3) is 3.51. The number of allylic oxidation sites excluding steroid dienone is 1. The first kappa shape index (κ1) is 21.0. The number of rotatable bonds is 4. The Kier molecular flexibility index (Phi) is 5.84. The maximum atomic E-state index is 13.4. The third-order valence-electron chi connectivity index (χ3n) is 4.42. The van der Waals surface area contributed by atoms with Gasteiger partial charge in [0.1, 0.15) is 20.8 Å². The van der Waals surface area contributed by atoms with Gasteiger partial charge in [-0.15, -0.1) is 11.3 Å². The van der Waals surface area contributed by atoms with E-state index in [0.717, 1.165) is 29.1 Å². The summed E-state index contributed by atoms with van der Waals surface area (Å²) in [6.07, 6.45) is 0.979. The van der Waals surface area contributed by atoms with Crippen molar-refractivity contribution in [2.45, 2.75) is 12.8 Å². The predicted octanol–water partition coefficient (Wildman–Crippen LogP) is 0.164. The van der Waals surface area contributed by atoms with Gasteiger partial charge < -0.3 is 15.2 Å². The molecule has 0 amide bonds. The van der Waals surface area contributed by atoms with E-state index in [4.69, 9.17) is 10.5 Å². The number of hydrogen-bond donors (Lipinski definition) is 1. The number of nitrogens with zero attached hydrogens (tertiary/aromatic N) is 2. The Balaban J connectivity index is 2.46. The van der Waals surface area contributed by atoms with E-state index in [9.17, 15) is 24.0 Å². The van der Waals surface area contributed by atoms with Crippen LogP contribution in [-0.4, -0.2) is 30.2 Å². The van der Waals surface area contributed by atoms with Gasteiger partial charge in [-0.3, -0.25) is 9.36 Å². The van der Waals surface area contributed by atoms with Crippen molar-refractivity contribution in [3.63, 3.8) is 0 Å². The molecule has 0 radical (unpaired) electrons. The lowest BCUT2D eigenvalue weighted by Crippen LogP contribution is -2.40. The van der Waals surface area contributed by atoms with Crippen LogP contribution in [0.2, 0.25) is 0 Å². The number of fused-ring (bicyclic) bond motifs is 1. The van der Waals surface area contributed by atoms with Crippen LogP contribution in [0, 0.1) is 17.1 Å². The molecule has 2 N–H and O–H groups in total. The predicted molar refractivity (Wildman–Crippen MR) is 107 cm³/mol. The summed E-state index contributed by atoms with van der Waals surface area (Å²) in [5.41, 5.74) is 5.81. The number of ether oxygens (including phenoxy) is 2. The van der Waals surface area contributed by atoms with Gasteiger partial charge >= 0.3 is 11.9 Å². The summed E-state index contributed by atoms with van der Waals surface area (Å²) < 4.78 is 24.3. The number of aromatic nitrogens is 1. The van der Waals surface area contributed by atoms with Gasteiger partial charge in [0.15, 0.2) is 0 Å². The normalized spacial score (nSPS) is 16.1. The lowest BCUT2D eigenvalue weighted by molar-refractivity contribution is -0.136. The molecule has 0 saturated heterocycles. The summed E-state index contributed by atoms with van der Waals surface area (Å²) in [6, 6.07) is 7.18. The summed E-state index contributed by atoms with van der Waals surface area (Å²) in [5, 5.41) is 9.76. The Labute approximate surface area is 173 Å². The second-order valence-electron chi connectivity index (χ2n) is 6.11. The van der Waals surface area contributed by atoms with Crippen LogP contribution in [0.25, 0.3) is 17.5 Å². The van der Waals surface area contributed by atoms with Crippen LogP contribution >= 0.6 is 11.3 Å². The molecule has 1 aliphatic rings. The second kappa shape index (κ2) is 8.34. The molecule has 2 aromatic rings. The average Bonchev–Trinajstić information content (AvgIpc) is 3.04. The van der Waals surface area contributed by atoms with Gasteiger partial charge in [0.05, 0.1) is 36.9 Å². The van der Waals surface area contributed by atoms with Gasteiger partial charge in [-0.05, 0) is 24.6 Å². The maximum Gasteiger partial charge on any atom is 0.338 e. The Bertz CT molecular complexity index is 1280. The first-order valence-electron chi connectivity index (χ1n) is 8.72. The summed E-state index contributed by atoms with van der Waals surface area (Å²) in [4.78, 5) is 37.3. The fraction of sp³-hybridized carbons (Fsp3) is 0.200. The van der Waals surface area contributed by atoms with Gasteiger partial charge in [0.2, 0.25) is 0 Å². The van der Waals surface area contributed by atoms with Crippen LogP contribution in [0.3, 0.4) is 0 Å². The lowest BCUT2D eigenvalue weighted by atomic mass is 9.84. The second-order valence-corrected chi connectivity index (χ2v) is 7.14. The Morgan fingerprint density at radius 2 is 2.03 bits per heavy atom. The number of hydrogen-bond acceptors (Lipinski definition) is 8. The van der Waals surface area contributed by atoms with E-state index in [1.54, 1.807) is 6.92 Å². The molecular formula is C20H16FN3O5S. The van der Waals surface area contributed by atoms with Crippen LogP contribution in [0.15, 0.2) is 34.6 Å². The standard InChI is InChI=1S/C20H16FN3O5S/c1-3-29-20(27)16-15(10-4-6-11(21)7-5-10)12(9-22)17(23)24-18(26)13(30-19(16)24)8-14(25)28-2/h4-8,15H,3,23H2,1-2H3. The van der Waals surface area contributed by atoms with Crippen molar-refractivity contribution >= 4 is 40.7 Å². The van der Waals surface area contributed by atoms with Gasteiger partial charge in [0.25, 0.3) is 5.56 Å². The highest BCUT2D eigenvalue weighted by molar-refractivity contribution is 7.07. The van der Waals surface area contributed by atoms with Crippen LogP contribution in [-0.2, 0) is 19.1 Å². The minimum absolute atomic E-state index is 0.000763. The molecule has 1 aromatic heterocycles. The zero-order valence-corrected chi connectivity index (χ0v) is 16.8. The van der Waals surface area contributed by atoms with Crippen LogP contribution < -0.4 is 20.5 Å². The molecule has 30 heavy (non-hydrogen) atoms. The molecular weight excluding hydrogens is 413 g/mol. The number of nitrogens with two attached hydrogens (primary N) is 1. The first-order valence-corrected chi connectivity index (χ1v) is 9.54. The zero-order chi connectivity index (χ0) is 22.0. The first-order chi connectivity index (χ1) is 14.3. The molecule has 0 spiro atoms. The lowest BCUT2D eigenvalue weighted by Gasteiger charge is -2.24. The van der Waals surface area contributed by atoms with Crippen molar-refractivity contribution in [1.29, 1.82) is 5.26 Å². The third-order valence-corrected chi connectivity index (χ3v) is 5.53. The van der Waals surface area contributed by atoms with Crippen molar-refractivity contribution in [1.82, 2.24) is 4.57 Å². The molecule has 1 aromatic carbocycles. The van der Waals surface area contributed by atoms with Gasteiger partial charge in [-0.1, -0.05) is 12.1 Å². The van der Waals surface area contributed by atoms with Crippen LogP contribution in [0.5, 0.6) is 0 Å². The maximum absolute atomic E-state index is 13.4. The molecule has 0 bridgehead atoms. The molecule has 154 valence electrons. The number of nitriles is 1.